The first kappa shape index (κ1) is 24.4. The maximum Gasteiger partial charge on any atom is 0.409 e. The number of piperidine rings is 1. The van der Waals surface area contributed by atoms with Crippen LogP contribution in [0.1, 0.15) is 72.9 Å². The van der Waals surface area contributed by atoms with Gasteiger partial charge in [0.15, 0.2) is 0 Å². The molecule has 37 heavy (non-hydrogen) atoms. The summed E-state index contributed by atoms with van der Waals surface area (Å²) in [6, 6.07) is 15.5. The summed E-state index contributed by atoms with van der Waals surface area (Å²) in [5, 5.41) is 3.82. The number of hydrogen-bond donors (Lipinski definition) is 0. The van der Waals surface area contributed by atoms with Crippen molar-refractivity contribution in [2.24, 2.45) is 0 Å². The number of fused-ring (bicyclic) bond motifs is 3. The Labute approximate surface area is 226 Å². The molecule has 3 atom stereocenters. The second-order valence-electron chi connectivity index (χ2n) is 10.1. The van der Waals surface area contributed by atoms with Crippen LogP contribution in [-0.4, -0.2) is 44.7 Å². The Balaban J connectivity index is 1.44. The average Bonchev–Trinajstić information content (AvgIpc) is 3.62. The minimum absolute atomic E-state index is 0.0250. The number of thiazole rings is 1. The number of carbonyl (C=O) groups is 1. The Morgan fingerprint density at radius 1 is 1.11 bits per heavy atom. The number of nitrogens with zero attached hydrogens (tertiary/aromatic N) is 4. The van der Waals surface area contributed by atoms with E-state index in [0.717, 1.165) is 59.9 Å². The SMILES string of the molecule is CCCc1nc2ccc(C(c3ccc(Cl)cc3)c3nccs3)cc2n1C1CC2CCC(C1)N2C(=O)OC. The zero-order valence-electron chi connectivity index (χ0n) is 21.1. The van der Waals surface area contributed by atoms with Crippen LogP contribution in [-0.2, 0) is 11.2 Å². The topological polar surface area (TPSA) is 60.2 Å². The Morgan fingerprint density at radius 3 is 2.49 bits per heavy atom. The number of aromatic nitrogens is 3. The standard InChI is InChI=1S/C29H31ClN4O2S/c1-3-4-26-32-24-12-7-19(27(28-31-13-14-37-28)18-5-8-20(30)9-6-18)15-25(24)34(26)23-16-21-10-11-22(17-23)33(21)29(35)36-2/h5-9,12-15,21-23,27H,3-4,10-11,16-17H2,1-2H3. The third-order valence-electron chi connectivity index (χ3n) is 7.95. The Kier molecular flexibility index (Phi) is 6.67. The largest absolute Gasteiger partial charge is 0.453 e. The number of hydrogen-bond acceptors (Lipinski definition) is 5. The van der Waals surface area contributed by atoms with Crippen molar-refractivity contribution in [1.29, 1.82) is 0 Å². The highest BCUT2D eigenvalue weighted by Crippen LogP contribution is 2.43. The molecule has 2 saturated heterocycles. The number of rotatable bonds is 6. The fraction of sp³-hybridized carbons (Fsp3) is 0.414. The van der Waals surface area contributed by atoms with Gasteiger partial charge in [0.2, 0.25) is 0 Å². The molecule has 8 heteroatoms. The molecule has 1 amide bonds. The van der Waals surface area contributed by atoms with Crippen LogP contribution in [0.25, 0.3) is 11.0 Å². The molecule has 0 saturated carbocycles. The van der Waals surface area contributed by atoms with Crippen molar-refractivity contribution in [1.82, 2.24) is 19.4 Å². The maximum atomic E-state index is 12.5. The van der Waals surface area contributed by atoms with E-state index in [1.165, 1.54) is 23.8 Å². The van der Waals surface area contributed by atoms with Crippen LogP contribution in [0.2, 0.25) is 5.02 Å². The van der Waals surface area contributed by atoms with Gasteiger partial charge in [-0.05, 0) is 67.5 Å². The summed E-state index contributed by atoms with van der Waals surface area (Å²) in [5.74, 6) is 1.17. The van der Waals surface area contributed by atoms with Gasteiger partial charge in [0, 0.05) is 41.1 Å². The molecule has 0 spiro atoms. The van der Waals surface area contributed by atoms with Crippen LogP contribution in [0.3, 0.4) is 0 Å². The number of amides is 1. The van der Waals surface area contributed by atoms with Crippen molar-refractivity contribution in [3.05, 3.63) is 81.0 Å². The zero-order valence-corrected chi connectivity index (χ0v) is 22.7. The third kappa shape index (κ3) is 4.42. The smallest absolute Gasteiger partial charge is 0.409 e. The van der Waals surface area contributed by atoms with Gasteiger partial charge < -0.3 is 14.2 Å². The van der Waals surface area contributed by atoms with Crippen molar-refractivity contribution in [2.75, 3.05) is 7.11 Å². The maximum absolute atomic E-state index is 12.5. The molecular weight excluding hydrogens is 504 g/mol. The van der Waals surface area contributed by atoms with Gasteiger partial charge in [-0.1, -0.05) is 36.7 Å². The van der Waals surface area contributed by atoms with Crippen LogP contribution >= 0.6 is 22.9 Å². The van der Waals surface area contributed by atoms with E-state index in [4.69, 9.17) is 26.3 Å². The van der Waals surface area contributed by atoms with E-state index in [-0.39, 0.29) is 24.1 Å². The fourth-order valence-electron chi connectivity index (χ4n) is 6.42. The predicted molar refractivity (Wildman–Crippen MR) is 148 cm³/mol. The van der Waals surface area contributed by atoms with Gasteiger partial charge in [0.1, 0.15) is 10.8 Å². The Bertz CT molecular complexity index is 1390. The van der Waals surface area contributed by atoms with E-state index in [1.807, 2.05) is 28.6 Å². The van der Waals surface area contributed by atoms with Crippen molar-refractivity contribution >= 4 is 40.1 Å². The molecule has 0 aliphatic carbocycles. The lowest BCUT2D eigenvalue weighted by molar-refractivity contribution is 0.0729. The highest BCUT2D eigenvalue weighted by atomic mass is 35.5. The van der Waals surface area contributed by atoms with Gasteiger partial charge in [-0.15, -0.1) is 11.3 Å². The van der Waals surface area contributed by atoms with Gasteiger partial charge >= 0.3 is 6.09 Å². The zero-order chi connectivity index (χ0) is 25.5. The van der Waals surface area contributed by atoms with Crippen molar-refractivity contribution < 1.29 is 9.53 Å². The van der Waals surface area contributed by atoms with E-state index in [1.54, 1.807) is 11.3 Å². The van der Waals surface area contributed by atoms with E-state index in [0.29, 0.717) is 6.04 Å². The molecule has 2 bridgehead atoms. The highest BCUT2D eigenvalue weighted by Gasteiger charge is 2.45. The first-order chi connectivity index (χ1) is 18.1. The number of halogens is 1. The molecule has 4 aromatic rings. The van der Waals surface area contributed by atoms with Crippen molar-refractivity contribution in [3.63, 3.8) is 0 Å². The minimum atomic E-state index is -0.188. The Morgan fingerprint density at radius 2 is 1.84 bits per heavy atom. The average molecular weight is 535 g/mol. The molecule has 2 aromatic carbocycles. The van der Waals surface area contributed by atoms with E-state index < -0.39 is 0 Å². The van der Waals surface area contributed by atoms with Crippen LogP contribution < -0.4 is 0 Å². The van der Waals surface area contributed by atoms with Crippen LogP contribution in [0, 0.1) is 0 Å². The molecule has 2 aliphatic heterocycles. The summed E-state index contributed by atoms with van der Waals surface area (Å²) in [5.41, 5.74) is 4.57. The number of benzene rings is 2. The minimum Gasteiger partial charge on any atom is -0.453 e. The first-order valence-corrected chi connectivity index (χ1v) is 14.3. The molecule has 3 unspecified atom stereocenters. The second-order valence-corrected chi connectivity index (χ2v) is 11.5. The molecule has 0 radical (unpaired) electrons. The van der Waals surface area contributed by atoms with Gasteiger partial charge in [0.05, 0.1) is 24.1 Å². The van der Waals surface area contributed by atoms with Crippen molar-refractivity contribution in [2.45, 2.75) is 69.5 Å². The van der Waals surface area contributed by atoms with Gasteiger partial charge in [-0.25, -0.2) is 14.8 Å². The fourth-order valence-corrected chi connectivity index (χ4v) is 7.34. The molecule has 2 fully saturated rings. The van der Waals surface area contributed by atoms with Gasteiger partial charge in [-0.2, -0.15) is 0 Å². The first-order valence-electron chi connectivity index (χ1n) is 13.1. The number of methoxy groups -OCH3 is 1. The van der Waals surface area contributed by atoms with Crippen molar-refractivity contribution in [3.8, 4) is 0 Å². The van der Waals surface area contributed by atoms with Crippen LogP contribution in [0.15, 0.2) is 54.0 Å². The second kappa shape index (κ2) is 10.1. The summed E-state index contributed by atoms with van der Waals surface area (Å²) in [6.07, 6.45) is 7.61. The number of imidazole rings is 1. The predicted octanol–water partition coefficient (Wildman–Crippen LogP) is 7.21. The number of ether oxygens (including phenoxy) is 1. The van der Waals surface area contributed by atoms with E-state index in [9.17, 15) is 4.79 Å². The molecule has 2 aromatic heterocycles. The van der Waals surface area contributed by atoms with Gasteiger partial charge in [0.25, 0.3) is 0 Å². The van der Waals surface area contributed by atoms with Crippen LogP contribution in [0.4, 0.5) is 4.79 Å². The summed E-state index contributed by atoms with van der Waals surface area (Å²) >= 11 is 7.89. The number of aryl methyl sites for hydroxylation is 1. The lowest BCUT2D eigenvalue weighted by Crippen LogP contribution is -2.47. The molecule has 0 N–H and O–H groups in total. The Hall–Kier alpha value is -2.90. The monoisotopic (exact) mass is 534 g/mol. The quantitative estimate of drug-likeness (QED) is 0.262. The van der Waals surface area contributed by atoms with E-state index >= 15 is 0 Å². The molecule has 4 heterocycles. The van der Waals surface area contributed by atoms with E-state index in [2.05, 4.69) is 41.8 Å². The summed E-state index contributed by atoms with van der Waals surface area (Å²) < 4.78 is 7.60. The lowest BCUT2D eigenvalue weighted by Gasteiger charge is -2.39. The van der Waals surface area contributed by atoms with Gasteiger partial charge in [-0.3, -0.25) is 0 Å². The highest BCUT2D eigenvalue weighted by molar-refractivity contribution is 7.09. The number of carbonyl (C=O) groups excluding carboxylic acids is 1. The molecular formula is C29H31ClN4O2S. The van der Waals surface area contributed by atoms with Crippen LogP contribution in [0.5, 0.6) is 0 Å². The summed E-state index contributed by atoms with van der Waals surface area (Å²) in [6.45, 7) is 2.21. The molecule has 6 nitrogen and oxygen atoms in total. The molecule has 6 rings (SSSR count). The lowest BCUT2D eigenvalue weighted by atomic mass is 9.91. The summed E-state index contributed by atoms with van der Waals surface area (Å²) in [7, 11) is 1.48. The normalized spacial score (nSPS) is 21.9. The molecule has 192 valence electrons. The third-order valence-corrected chi connectivity index (χ3v) is 9.05. The molecule has 2 aliphatic rings. The summed E-state index contributed by atoms with van der Waals surface area (Å²) in [4.78, 5) is 24.2.